The summed E-state index contributed by atoms with van der Waals surface area (Å²) in [7, 11) is 0. The van der Waals surface area contributed by atoms with Gasteiger partial charge in [-0.1, -0.05) is 6.92 Å². The number of aromatic nitrogens is 1. The van der Waals surface area contributed by atoms with Gasteiger partial charge in [-0.3, -0.25) is 0 Å². The fraction of sp³-hybridized carbons (Fsp3) is 0.500. The lowest BCUT2D eigenvalue weighted by Crippen LogP contribution is -2.31. The van der Waals surface area contributed by atoms with Crippen LogP contribution in [-0.4, -0.2) is 11.1 Å². The molecular formula is C10H12BrNO. The molecule has 13 heavy (non-hydrogen) atoms. The van der Waals surface area contributed by atoms with Crippen LogP contribution in [0.4, 0.5) is 0 Å². The second kappa shape index (κ2) is 3.66. The molecule has 1 aromatic rings. The zero-order valence-corrected chi connectivity index (χ0v) is 9.12. The zero-order chi connectivity index (χ0) is 9.26. The van der Waals surface area contributed by atoms with E-state index >= 15 is 0 Å². The first kappa shape index (κ1) is 9.00. The summed E-state index contributed by atoms with van der Waals surface area (Å²) in [6.07, 6.45) is 4.53. The number of hydrogen-bond donors (Lipinski definition) is 0. The van der Waals surface area contributed by atoms with Crippen molar-refractivity contribution in [2.24, 2.45) is 5.92 Å². The molecule has 1 heterocycles. The van der Waals surface area contributed by atoms with E-state index in [9.17, 15) is 0 Å². The van der Waals surface area contributed by atoms with E-state index in [1.165, 1.54) is 12.8 Å². The van der Waals surface area contributed by atoms with Gasteiger partial charge in [0.15, 0.2) is 0 Å². The Hall–Kier alpha value is -0.570. The number of hydrogen-bond acceptors (Lipinski definition) is 2. The van der Waals surface area contributed by atoms with Crippen LogP contribution in [0.1, 0.15) is 19.8 Å². The maximum absolute atomic E-state index is 5.69. The van der Waals surface area contributed by atoms with Crippen LogP contribution in [0, 0.1) is 5.92 Å². The maximum Gasteiger partial charge on any atom is 0.138 e. The number of pyridine rings is 1. The van der Waals surface area contributed by atoms with Crippen LogP contribution in [0.2, 0.25) is 0 Å². The zero-order valence-electron chi connectivity index (χ0n) is 7.53. The average Bonchev–Trinajstić information content (AvgIpc) is 2.06. The van der Waals surface area contributed by atoms with E-state index < -0.39 is 0 Å². The summed E-state index contributed by atoms with van der Waals surface area (Å²) in [6, 6.07) is 3.84. The highest BCUT2D eigenvalue weighted by molar-refractivity contribution is 9.10. The molecule has 70 valence electrons. The van der Waals surface area contributed by atoms with E-state index in [0.29, 0.717) is 6.10 Å². The smallest absolute Gasteiger partial charge is 0.138 e. The summed E-state index contributed by atoms with van der Waals surface area (Å²) in [5.74, 6) is 1.70. The van der Waals surface area contributed by atoms with E-state index in [4.69, 9.17) is 4.74 Å². The van der Waals surface area contributed by atoms with Crippen LogP contribution in [0.15, 0.2) is 22.9 Å². The lowest BCUT2D eigenvalue weighted by Gasteiger charge is -2.32. The predicted molar refractivity (Wildman–Crippen MR) is 54.8 cm³/mol. The molecule has 1 aromatic heterocycles. The topological polar surface area (TPSA) is 22.1 Å². The van der Waals surface area contributed by atoms with Gasteiger partial charge in [-0.05, 0) is 46.8 Å². The lowest BCUT2D eigenvalue weighted by molar-refractivity contribution is 0.0735. The van der Waals surface area contributed by atoms with Gasteiger partial charge < -0.3 is 4.74 Å². The fourth-order valence-electron chi connectivity index (χ4n) is 1.55. The molecule has 0 aromatic carbocycles. The van der Waals surface area contributed by atoms with Crippen molar-refractivity contribution in [2.45, 2.75) is 25.9 Å². The molecule has 1 aliphatic carbocycles. The minimum atomic E-state index is 0.415. The lowest BCUT2D eigenvalue weighted by atomic mass is 9.84. The Labute approximate surface area is 86.5 Å². The molecule has 0 amide bonds. The summed E-state index contributed by atoms with van der Waals surface area (Å²) < 4.78 is 6.54. The standard InChI is InChI=1S/C10H12BrNO/c1-7-4-9(5-7)13-8-2-3-10(11)12-6-8/h2-3,6-7,9H,4-5H2,1H3/t7-,9-. The maximum atomic E-state index is 5.69. The van der Waals surface area contributed by atoms with E-state index in [1.54, 1.807) is 6.20 Å². The van der Waals surface area contributed by atoms with Gasteiger partial charge >= 0.3 is 0 Å². The minimum absolute atomic E-state index is 0.415. The third-order valence-electron chi connectivity index (χ3n) is 2.33. The van der Waals surface area contributed by atoms with E-state index in [-0.39, 0.29) is 0 Å². The van der Waals surface area contributed by atoms with Gasteiger partial charge in [-0.15, -0.1) is 0 Å². The molecule has 2 rings (SSSR count). The van der Waals surface area contributed by atoms with Gasteiger partial charge in [0.1, 0.15) is 10.4 Å². The van der Waals surface area contributed by atoms with E-state index in [2.05, 4.69) is 27.8 Å². The highest BCUT2D eigenvalue weighted by atomic mass is 79.9. The Morgan fingerprint density at radius 3 is 2.77 bits per heavy atom. The SMILES string of the molecule is C[C@H]1C[C@H](Oc2ccc(Br)nc2)C1. The van der Waals surface area contributed by atoms with Crippen molar-refractivity contribution in [2.75, 3.05) is 0 Å². The second-order valence-corrected chi connectivity index (χ2v) is 4.45. The molecule has 0 atom stereocenters. The molecule has 1 fully saturated rings. The van der Waals surface area contributed by atoms with Gasteiger partial charge in [0.25, 0.3) is 0 Å². The highest BCUT2D eigenvalue weighted by Gasteiger charge is 2.26. The van der Waals surface area contributed by atoms with E-state index in [0.717, 1.165) is 16.3 Å². The molecule has 0 unspecified atom stereocenters. The summed E-state index contributed by atoms with van der Waals surface area (Å²) in [4.78, 5) is 4.10. The highest BCUT2D eigenvalue weighted by Crippen LogP contribution is 2.30. The van der Waals surface area contributed by atoms with Gasteiger partial charge in [0.2, 0.25) is 0 Å². The van der Waals surface area contributed by atoms with Crippen molar-refractivity contribution < 1.29 is 4.74 Å². The van der Waals surface area contributed by atoms with Crippen LogP contribution in [-0.2, 0) is 0 Å². The quantitative estimate of drug-likeness (QED) is 0.743. The molecule has 0 radical (unpaired) electrons. The van der Waals surface area contributed by atoms with Crippen LogP contribution in [0.3, 0.4) is 0 Å². The predicted octanol–water partition coefficient (Wildman–Crippen LogP) is 3.02. The van der Waals surface area contributed by atoms with Crippen molar-refractivity contribution in [1.82, 2.24) is 4.98 Å². The Bertz CT molecular complexity index is 279. The molecule has 2 nitrogen and oxygen atoms in total. The Morgan fingerprint density at radius 2 is 2.23 bits per heavy atom. The molecular weight excluding hydrogens is 230 g/mol. The van der Waals surface area contributed by atoms with Crippen molar-refractivity contribution in [1.29, 1.82) is 0 Å². The van der Waals surface area contributed by atoms with Crippen molar-refractivity contribution in [3.05, 3.63) is 22.9 Å². The Morgan fingerprint density at radius 1 is 1.46 bits per heavy atom. The normalized spacial score (nSPS) is 26.6. The van der Waals surface area contributed by atoms with Gasteiger partial charge in [0, 0.05) is 0 Å². The molecule has 3 heteroatoms. The van der Waals surface area contributed by atoms with Gasteiger partial charge in [-0.25, -0.2) is 4.98 Å². The van der Waals surface area contributed by atoms with Gasteiger partial charge in [-0.2, -0.15) is 0 Å². The summed E-state index contributed by atoms with van der Waals surface area (Å²) in [5, 5.41) is 0. The van der Waals surface area contributed by atoms with Crippen LogP contribution < -0.4 is 4.74 Å². The van der Waals surface area contributed by atoms with Crippen molar-refractivity contribution in [3.63, 3.8) is 0 Å². The molecule has 0 N–H and O–H groups in total. The Balaban J connectivity index is 1.91. The monoisotopic (exact) mass is 241 g/mol. The first-order chi connectivity index (χ1) is 6.24. The summed E-state index contributed by atoms with van der Waals surface area (Å²) >= 11 is 3.29. The molecule has 1 aliphatic rings. The first-order valence-electron chi connectivity index (χ1n) is 4.52. The molecule has 0 bridgehead atoms. The molecule has 0 saturated heterocycles. The van der Waals surface area contributed by atoms with Crippen LogP contribution >= 0.6 is 15.9 Å². The number of nitrogens with zero attached hydrogens (tertiary/aromatic N) is 1. The third kappa shape index (κ3) is 2.21. The largest absolute Gasteiger partial charge is 0.489 e. The third-order valence-corrected chi connectivity index (χ3v) is 2.80. The number of rotatable bonds is 2. The summed E-state index contributed by atoms with van der Waals surface area (Å²) in [6.45, 7) is 2.25. The Kier molecular flexibility index (Phi) is 2.54. The van der Waals surface area contributed by atoms with Gasteiger partial charge in [0.05, 0.1) is 12.3 Å². The number of halogens is 1. The minimum Gasteiger partial charge on any atom is -0.489 e. The molecule has 1 saturated carbocycles. The fourth-order valence-corrected chi connectivity index (χ4v) is 1.78. The average molecular weight is 242 g/mol. The first-order valence-corrected chi connectivity index (χ1v) is 5.31. The second-order valence-electron chi connectivity index (χ2n) is 3.63. The van der Waals surface area contributed by atoms with Crippen LogP contribution in [0.5, 0.6) is 5.75 Å². The van der Waals surface area contributed by atoms with E-state index in [1.807, 2.05) is 12.1 Å². The molecule has 0 aliphatic heterocycles. The number of ether oxygens (including phenoxy) is 1. The van der Waals surface area contributed by atoms with Crippen molar-refractivity contribution in [3.8, 4) is 5.75 Å². The summed E-state index contributed by atoms with van der Waals surface area (Å²) in [5.41, 5.74) is 0. The van der Waals surface area contributed by atoms with Crippen molar-refractivity contribution >= 4 is 15.9 Å². The van der Waals surface area contributed by atoms with Crippen LogP contribution in [0.25, 0.3) is 0 Å². The molecule has 0 spiro atoms.